The smallest absolute Gasteiger partial charge is 0.140 e. The van der Waals surface area contributed by atoms with Crippen LogP contribution >= 0.6 is 0 Å². The maximum absolute atomic E-state index is 12.3. The summed E-state index contributed by atoms with van der Waals surface area (Å²) in [5.41, 5.74) is 5.10. The van der Waals surface area contributed by atoms with Gasteiger partial charge in [-0.15, -0.1) is 0 Å². The third-order valence-electron chi connectivity index (χ3n) is 5.12. The van der Waals surface area contributed by atoms with Crippen molar-refractivity contribution < 1.29 is 4.79 Å². The number of aryl methyl sites for hydroxylation is 1. The largest absolute Gasteiger partial charge is 0.364 e. The second kappa shape index (κ2) is 5.28. The lowest BCUT2D eigenvalue weighted by molar-refractivity contribution is -0.122. The Kier molecular flexibility index (Phi) is 3.25. The Hall–Kier alpha value is -2.09. The molecule has 22 heavy (non-hydrogen) atoms. The summed E-state index contributed by atoms with van der Waals surface area (Å²) >= 11 is 0. The van der Waals surface area contributed by atoms with Gasteiger partial charge in [0.05, 0.1) is 0 Å². The molecule has 0 radical (unpaired) electrons. The van der Waals surface area contributed by atoms with Gasteiger partial charge in [-0.25, -0.2) is 0 Å². The van der Waals surface area contributed by atoms with Crippen molar-refractivity contribution in [2.75, 3.05) is 4.90 Å². The van der Waals surface area contributed by atoms with Gasteiger partial charge in [0.25, 0.3) is 0 Å². The highest BCUT2D eigenvalue weighted by molar-refractivity contribution is 5.90. The maximum atomic E-state index is 12.3. The Morgan fingerprint density at radius 2 is 1.95 bits per heavy atom. The van der Waals surface area contributed by atoms with Crippen molar-refractivity contribution in [1.82, 2.24) is 0 Å². The molecule has 1 aliphatic carbocycles. The van der Waals surface area contributed by atoms with E-state index in [4.69, 9.17) is 0 Å². The highest BCUT2D eigenvalue weighted by Crippen LogP contribution is 2.44. The summed E-state index contributed by atoms with van der Waals surface area (Å²) in [6.07, 6.45) is 2.71. The lowest BCUT2D eigenvalue weighted by Crippen LogP contribution is -2.45. The first kappa shape index (κ1) is 13.6. The molecule has 0 unspecified atom stereocenters. The van der Waals surface area contributed by atoms with Crippen LogP contribution in [0.3, 0.4) is 0 Å². The van der Waals surface area contributed by atoms with Gasteiger partial charge in [0.1, 0.15) is 5.78 Å². The molecule has 0 spiro atoms. The number of carbonyl (C=O) groups is 1. The maximum Gasteiger partial charge on any atom is 0.140 e. The first-order chi connectivity index (χ1) is 10.7. The van der Waals surface area contributed by atoms with Crippen LogP contribution in [0.5, 0.6) is 0 Å². The number of anilines is 1. The number of hydrogen-bond donors (Lipinski definition) is 0. The van der Waals surface area contributed by atoms with E-state index in [0.717, 1.165) is 25.8 Å². The van der Waals surface area contributed by atoms with Crippen molar-refractivity contribution in [3.8, 4) is 0 Å². The molecule has 1 heterocycles. The molecule has 0 saturated heterocycles. The number of nitrogens with zero attached hydrogens (tertiary/aromatic N) is 1. The molecule has 1 fully saturated rings. The summed E-state index contributed by atoms with van der Waals surface area (Å²) in [7, 11) is 0. The number of Topliss-reactive ketones (excluding diaryl/α,β-unsaturated/α-hetero) is 1. The van der Waals surface area contributed by atoms with E-state index in [1.165, 1.54) is 22.4 Å². The molecule has 2 atom stereocenters. The van der Waals surface area contributed by atoms with Crippen LogP contribution in [0.25, 0.3) is 0 Å². The summed E-state index contributed by atoms with van der Waals surface area (Å²) in [5.74, 6) is 0.558. The van der Waals surface area contributed by atoms with Crippen molar-refractivity contribution in [2.24, 2.45) is 0 Å². The van der Waals surface area contributed by atoms with E-state index in [0.29, 0.717) is 11.8 Å². The third-order valence-corrected chi connectivity index (χ3v) is 5.12. The van der Waals surface area contributed by atoms with E-state index < -0.39 is 0 Å². The molecule has 2 aliphatic rings. The average Bonchev–Trinajstić information content (AvgIpc) is 2.54. The van der Waals surface area contributed by atoms with Gasteiger partial charge in [-0.05, 0) is 37.0 Å². The number of hydrogen-bond acceptors (Lipinski definition) is 2. The summed E-state index contributed by atoms with van der Waals surface area (Å²) in [4.78, 5) is 14.8. The van der Waals surface area contributed by atoms with Gasteiger partial charge in [0, 0.05) is 30.6 Å². The third kappa shape index (κ3) is 2.23. The van der Waals surface area contributed by atoms with Crippen LogP contribution in [0.2, 0.25) is 0 Å². The van der Waals surface area contributed by atoms with Gasteiger partial charge in [0.15, 0.2) is 0 Å². The minimum atomic E-state index is 0.126. The van der Waals surface area contributed by atoms with Crippen LogP contribution in [0, 0.1) is 6.92 Å². The van der Waals surface area contributed by atoms with Crippen LogP contribution in [0.1, 0.15) is 41.9 Å². The van der Waals surface area contributed by atoms with Crippen molar-refractivity contribution in [3.63, 3.8) is 0 Å². The molecule has 2 aromatic rings. The number of benzene rings is 2. The quantitative estimate of drug-likeness (QED) is 0.825. The molecule has 2 aromatic carbocycles. The van der Waals surface area contributed by atoms with Crippen molar-refractivity contribution in [2.45, 2.75) is 44.7 Å². The van der Waals surface area contributed by atoms with E-state index >= 15 is 0 Å². The minimum absolute atomic E-state index is 0.126. The van der Waals surface area contributed by atoms with Crippen LogP contribution in [0.4, 0.5) is 5.69 Å². The van der Waals surface area contributed by atoms with Gasteiger partial charge in [-0.2, -0.15) is 0 Å². The average molecular weight is 291 g/mol. The fraction of sp³-hybridized carbons (Fsp3) is 0.350. The fourth-order valence-electron chi connectivity index (χ4n) is 3.99. The molecule has 4 rings (SSSR count). The summed E-state index contributed by atoms with van der Waals surface area (Å²) in [5, 5.41) is 0. The molecule has 2 bridgehead atoms. The van der Waals surface area contributed by atoms with Gasteiger partial charge in [-0.1, -0.05) is 48.0 Å². The van der Waals surface area contributed by atoms with Gasteiger partial charge in [-0.3, -0.25) is 4.79 Å². The fourth-order valence-corrected chi connectivity index (χ4v) is 3.99. The number of ketones is 1. The monoisotopic (exact) mass is 291 g/mol. The molecule has 1 saturated carbocycles. The Morgan fingerprint density at radius 3 is 2.77 bits per heavy atom. The van der Waals surface area contributed by atoms with E-state index in [2.05, 4.69) is 60.4 Å². The van der Waals surface area contributed by atoms with Crippen LogP contribution in [-0.2, 0) is 11.3 Å². The second-order valence-corrected chi connectivity index (χ2v) is 6.62. The summed E-state index contributed by atoms with van der Waals surface area (Å²) in [6, 6.07) is 17.7. The summed E-state index contributed by atoms with van der Waals surface area (Å²) in [6.45, 7) is 3.05. The normalized spacial score (nSPS) is 23.3. The first-order valence-electron chi connectivity index (χ1n) is 8.16. The summed E-state index contributed by atoms with van der Waals surface area (Å²) < 4.78 is 0. The van der Waals surface area contributed by atoms with E-state index in [9.17, 15) is 4.79 Å². The van der Waals surface area contributed by atoms with Crippen molar-refractivity contribution in [1.29, 1.82) is 0 Å². The zero-order valence-electron chi connectivity index (χ0n) is 13.0. The molecule has 0 amide bonds. The number of fused-ring (bicyclic) bond motifs is 4. The van der Waals surface area contributed by atoms with Crippen LogP contribution in [0.15, 0.2) is 48.5 Å². The number of carbonyl (C=O) groups excluding carboxylic acids is 1. The zero-order valence-corrected chi connectivity index (χ0v) is 13.0. The van der Waals surface area contributed by atoms with Crippen molar-refractivity contribution >= 4 is 11.5 Å². The SMILES string of the molecule is Cc1ccc2c(c1)[C@@H]1C[C@@H](CCC1=O)N2Cc1ccccc1. The van der Waals surface area contributed by atoms with Crippen molar-refractivity contribution in [3.05, 3.63) is 65.2 Å². The molecule has 0 aromatic heterocycles. The molecular formula is C20H21NO. The lowest BCUT2D eigenvalue weighted by atomic mass is 9.75. The second-order valence-electron chi connectivity index (χ2n) is 6.62. The Labute approximate surface area is 131 Å². The molecular weight excluding hydrogens is 270 g/mol. The molecule has 2 heteroatoms. The number of rotatable bonds is 2. The predicted molar refractivity (Wildman–Crippen MR) is 89.2 cm³/mol. The topological polar surface area (TPSA) is 20.3 Å². The predicted octanol–water partition coefficient (Wildman–Crippen LogP) is 4.22. The van der Waals surface area contributed by atoms with Gasteiger partial charge < -0.3 is 4.90 Å². The highest BCUT2D eigenvalue weighted by Gasteiger charge is 2.39. The van der Waals surface area contributed by atoms with Gasteiger partial charge >= 0.3 is 0 Å². The first-order valence-corrected chi connectivity index (χ1v) is 8.16. The van der Waals surface area contributed by atoms with Crippen LogP contribution in [-0.4, -0.2) is 11.8 Å². The van der Waals surface area contributed by atoms with Crippen LogP contribution < -0.4 is 4.90 Å². The molecule has 1 aliphatic heterocycles. The standard InChI is InChI=1S/C20H21NO/c1-14-7-9-19-17(11-14)18-12-16(8-10-20(18)22)21(19)13-15-5-3-2-4-6-15/h2-7,9,11,16,18H,8,10,12-13H2,1H3/t16-,18+/m1/s1. The molecule has 0 N–H and O–H groups in total. The highest BCUT2D eigenvalue weighted by atomic mass is 16.1. The van der Waals surface area contributed by atoms with Gasteiger partial charge in [0.2, 0.25) is 0 Å². The van der Waals surface area contributed by atoms with E-state index in [1.807, 2.05) is 0 Å². The molecule has 112 valence electrons. The van der Waals surface area contributed by atoms with E-state index in [-0.39, 0.29) is 5.92 Å². The zero-order chi connectivity index (χ0) is 15.1. The molecule has 2 nitrogen and oxygen atoms in total. The Balaban J connectivity index is 1.77. The lowest BCUT2D eigenvalue weighted by Gasteiger charge is -2.45. The Morgan fingerprint density at radius 1 is 1.14 bits per heavy atom. The van der Waals surface area contributed by atoms with E-state index in [1.54, 1.807) is 0 Å². The Bertz CT molecular complexity index is 707. The minimum Gasteiger partial charge on any atom is -0.364 e.